The molecule has 0 aliphatic carbocycles. The Balaban J connectivity index is 1.98. The summed E-state index contributed by atoms with van der Waals surface area (Å²) < 4.78 is 23.2. The monoisotopic (exact) mass is 337 g/mol. The highest BCUT2D eigenvalue weighted by molar-refractivity contribution is 7.91. The molecular formula is C17H27N3O2S. The van der Waals surface area contributed by atoms with Gasteiger partial charge in [0.15, 0.2) is 15.8 Å². The Morgan fingerprint density at radius 2 is 2.04 bits per heavy atom. The van der Waals surface area contributed by atoms with Crippen molar-refractivity contribution in [2.75, 3.05) is 37.7 Å². The lowest BCUT2D eigenvalue weighted by Gasteiger charge is -2.21. The summed E-state index contributed by atoms with van der Waals surface area (Å²) in [6, 6.07) is 10.5. The highest BCUT2D eigenvalue weighted by Gasteiger charge is 2.25. The van der Waals surface area contributed by atoms with Gasteiger partial charge in [0.05, 0.1) is 12.3 Å². The molecule has 1 N–H and O–H groups in total. The maximum Gasteiger partial charge on any atom is 0.193 e. The van der Waals surface area contributed by atoms with Crippen molar-refractivity contribution in [1.82, 2.24) is 10.2 Å². The fraction of sp³-hybridized carbons (Fsp3) is 0.588. The van der Waals surface area contributed by atoms with Gasteiger partial charge in [0.2, 0.25) is 0 Å². The SMILES string of the molecule is CCNC(=NCCS(=O)(=O)CC)N1CCC(c2ccccc2)C1. The summed E-state index contributed by atoms with van der Waals surface area (Å²) in [5.74, 6) is 1.64. The van der Waals surface area contributed by atoms with E-state index in [1.54, 1.807) is 6.92 Å². The summed E-state index contributed by atoms with van der Waals surface area (Å²) in [7, 11) is -2.96. The van der Waals surface area contributed by atoms with Crippen LogP contribution in [0.4, 0.5) is 0 Å². The van der Waals surface area contributed by atoms with Gasteiger partial charge in [0.1, 0.15) is 0 Å². The van der Waals surface area contributed by atoms with Crippen LogP contribution in [0.2, 0.25) is 0 Å². The number of aliphatic imine (C=N–C) groups is 1. The van der Waals surface area contributed by atoms with Crippen molar-refractivity contribution in [3.8, 4) is 0 Å². The van der Waals surface area contributed by atoms with E-state index in [1.165, 1.54) is 5.56 Å². The van der Waals surface area contributed by atoms with Gasteiger partial charge in [0, 0.05) is 31.3 Å². The summed E-state index contributed by atoms with van der Waals surface area (Å²) >= 11 is 0. The number of hydrogen-bond donors (Lipinski definition) is 1. The van der Waals surface area contributed by atoms with Crippen LogP contribution in [0.5, 0.6) is 0 Å². The molecule has 23 heavy (non-hydrogen) atoms. The largest absolute Gasteiger partial charge is 0.357 e. The van der Waals surface area contributed by atoms with Crippen LogP contribution >= 0.6 is 0 Å². The van der Waals surface area contributed by atoms with Gasteiger partial charge in [-0.15, -0.1) is 0 Å². The van der Waals surface area contributed by atoms with Crippen LogP contribution in [0.3, 0.4) is 0 Å². The highest BCUT2D eigenvalue weighted by atomic mass is 32.2. The molecule has 0 aromatic heterocycles. The Morgan fingerprint density at radius 3 is 2.70 bits per heavy atom. The molecule has 0 bridgehead atoms. The summed E-state index contributed by atoms with van der Waals surface area (Å²) in [6.45, 7) is 6.69. The summed E-state index contributed by atoms with van der Waals surface area (Å²) in [5, 5.41) is 3.28. The van der Waals surface area contributed by atoms with E-state index < -0.39 is 9.84 Å². The normalized spacial score (nSPS) is 19.1. The third-order valence-electron chi connectivity index (χ3n) is 4.20. The van der Waals surface area contributed by atoms with E-state index >= 15 is 0 Å². The summed E-state index contributed by atoms with van der Waals surface area (Å²) in [6.07, 6.45) is 1.10. The number of hydrogen-bond acceptors (Lipinski definition) is 3. The lowest BCUT2D eigenvalue weighted by Crippen LogP contribution is -2.40. The van der Waals surface area contributed by atoms with E-state index in [1.807, 2.05) is 13.0 Å². The van der Waals surface area contributed by atoms with Gasteiger partial charge >= 0.3 is 0 Å². The molecule has 1 saturated heterocycles. The van der Waals surface area contributed by atoms with E-state index in [9.17, 15) is 8.42 Å². The maximum atomic E-state index is 11.6. The molecule has 1 heterocycles. The first kappa shape index (κ1) is 17.8. The van der Waals surface area contributed by atoms with Crippen molar-refractivity contribution in [1.29, 1.82) is 0 Å². The lowest BCUT2D eigenvalue weighted by atomic mass is 9.99. The number of guanidine groups is 1. The molecule has 0 saturated carbocycles. The average molecular weight is 337 g/mol. The second kappa shape index (κ2) is 8.34. The van der Waals surface area contributed by atoms with Crippen LogP contribution in [-0.4, -0.2) is 57.0 Å². The molecule has 6 heteroatoms. The highest BCUT2D eigenvalue weighted by Crippen LogP contribution is 2.26. The molecule has 128 valence electrons. The minimum atomic E-state index is -2.96. The average Bonchev–Trinajstić information content (AvgIpc) is 3.05. The third kappa shape index (κ3) is 5.23. The van der Waals surface area contributed by atoms with Crippen LogP contribution in [0.1, 0.15) is 31.7 Å². The lowest BCUT2D eigenvalue weighted by molar-refractivity contribution is 0.487. The van der Waals surface area contributed by atoms with Crippen LogP contribution in [-0.2, 0) is 9.84 Å². The molecule has 1 fully saturated rings. The van der Waals surface area contributed by atoms with Gasteiger partial charge in [0.25, 0.3) is 0 Å². The smallest absolute Gasteiger partial charge is 0.193 e. The van der Waals surface area contributed by atoms with Crippen molar-refractivity contribution >= 4 is 15.8 Å². The van der Waals surface area contributed by atoms with Gasteiger partial charge in [-0.25, -0.2) is 8.42 Å². The quantitative estimate of drug-likeness (QED) is 0.636. The Hall–Kier alpha value is -1.56. The zero-order chi connectivity index (χ0) is 16.7. The molecule has 1 aliphatic rings. The van der Waals surface area contributed by atoms with Crippen molar-refractivity contribution in [2.24, 2.45) is 4.99 Å². The van der Waals surface area contributed by atoms with E-state index in [2.05, 4.69) is 39.5 Å². The Kier molecular flexibility index (Phi) is 6.45. The molecular weight excluding hydrogens is 310 g/mol. The second-order valence-corrected chi connectivity index (χ2v) is 8.29. The molecule has 0 radical (unpaired) electrons. The number of benzene rings is 1. The predicted octanol–water partition coefficient (Wildman–Crippen LogP) is 1.88. The van der Waals surface area contributed by atoms with Gasteiger partial charge in [-0.2, -0.15) is 0 Å². The van der Waals surface area contributed by atoms with Crippen molar-refractivity contribution < 1.29 is 8.42 Å². The number of likely N-dealkylation sites (tertiary alicyclic amines) is 1. The zero-order valence-electron chi connectivity index (χ0n) is 14.0. The Bertz CT molecular complexity index is 614. The molecule has 1 aromatic carbocycles. The first-order valence-corrected chi connectivity index (χ1v) is 10.2. The second-order valence-electron chi connectivity index (χ2n) is 5.81. The number of sulfone groups is 1. The maximum absolute atomic E-state index is 11.6. The van der Waals surface area contributed by atoms with Crippen LogP contribution in [0.15, 0.2) is 35.3 Å². The number of rotatable bonds is 6. The summed E-state index contributed by atoms with van der Waals surface area (Å²) in [4.78, 5) is 6.74. The topological polar surface area (TPSA) is 61.8 Å². The van der Waals surface area contributed by atoms with E-state index in [4.69, 9.17) is 0 Å². The molecule has 2 rings (SSSR count). The van der Waals surface area contributed by atoms with Crippen LogP contribution < -0.4 is 5.32 Å². The van der Waals surface area contributed by atoms with Crippen LogP contribution in [0.25, 0.3) is 0 Å². The fourth-order valence-electron chi connectivity index (χ4n) is 2.81. The van der Waals surface area contributed by atoms with Gasteiger partial charge in [-0.05, 0) is 18.9 Å². The minimum Gasteiger partial charge on any atom is -0.357 e. The summed E-state index contributed by atoms with van der Waals surface area (Å²) in [5.41, 5.74) is 1.36. The van der Waals surface area contributed by atoms with Crippen molar-refractivity contribution in [3.05, 3.63) is 35.9 Å². The molecule has 1 aromatic rings. The van der Waals surface area contributed by atoms with E-state index in [0.717, 1.165) is 32.0 Å². The van der Waals surface area contributed by atoms with Crippen LogP contribution in [0, 0.1) is 0 Å². The van der Waals surface area contributed by atoms with E-state index in [-0.39, 0.29) is 11.5 Å². The van der Waals surface area contributed by atoms with Crippen molar-refractivity contribution in [2.45, 2.75) is 26.2 Å². The van der Waals surface area contributed by atoms with Gasteiger partial charge in [-0.3, -0.25) is 4.99 Å². The first-order chi connectivity index (χ1) is 11.1. The first-order valence-electron chi connectivity index (χ1n) is 8.34. The Morgan fingerprint density at radius 1 is 1.30 bits per heavy atom. The molecule has 0 spiro atoms. The standard InChI is InChI=1S/C17H27N3O2S/c1-3-18-17(19-11-13-23(21,22)4-2)20-12-10-16(14-20)15-8-6-5-7-9-15/h5-9,16H,3-4,10-14H2,1-2H3,(H,18,19). The molecule has 1 atom stereocenters. The van der Waals surface area contributed by atoms with Crippen molar-refractivity contribution in [3.63, 3.8) is 0 Å². The predicted molar refractivity (Wildman–Crippen MR) is 95.7 cm³/mol. The zero-order valence-corrected chi connectivity index (χ0v) is 14.8. The fourth-order valence-corrected chi connectivity index (χ4v) is 3.47. The molecule has 5 nitrogen and oxygen atoms in total. The van der Waals surface area contributed by atoms with Gasteiger partial charge < -0.3 is 10.2 Å². The molecule has 1 unspecified atom stereocenters. The Labute approximate surface area is 139 Å². The molecule has 0 amide bonds. The van der Waals surface area contributed by atoms with E-state index in [0.29, 0.717) is 12.5 Å². The van der Waals surface area contributed by atoms with Gasteiger partial charge in [-0.1, -0.05) is 37.3 Å². The third-order valence-corrected chi connectivity index (χ3v) is 5.88. The molecule has 1 aliphatic heterocycles. The number of nitrogens with zero attached hydrogens (tertiary/aromatic N) is 2. The minimum absolute atomic E-state index is 0.119. The number of nitrogens with one attached hydrogen (secondary N) is 1.